The van der Waals surface area contributed by atoms with Gasteiger partial charge in [0.15, 0.2) is 0 Å². The second-order valence-electron chi connectivity index (χ2n) is 3.96. The number of ketones is 1. The van der Waals surface area contributed by atoms with E-state index in [9.17, 15) is 4.79 Å². The van der Waals surface area contributed by atoms with E-state index in [2.05, 4.69) is 5.32 Å². The minimum Gasteiger partial charge on any atom is -0.381 e. The largest absolute Gasteiger partial charge is 0.381 e. The first kappa shape index (κ1) is 10.5. The Morgan fingerprint density at radius 1 is 1.57 bits per heavy atom. The number of nitrogens with one attached hydrogen (secondary N) is 1. The van der Waals surface area contributed by atoms with E-state index in [4.69, 9.17) is 4.74 Å². The minimum atomic E-state index is 0.184. The lowest BCUT2D eigenvalue weighted by Gasteiger charge is -2.23. The van der Waals surface area contributed by atoms with Gasteiger partial charge in [-0.1, -0.05) is 0 Å². The van der Waals surface area contributed by atoms with E-state index in [1.165, 1.54) is 5.75 Å². The fourth-order valence-corrected chi connectivity index (χ4v) is 2.90. The summed E-state index contributed by atoms with van der Waals surface area (Å²) in [7, 11) is 0. The molecule has 0 spiro atoms. The number of carbonyl (C=O) groups is 1. The molecule has 2 rings (SSSR count). The number of rotatable bonds is 3. The van der Waals surface area contributed by atoms with Crippen LogP contribution in [-0.2, 0) is 9.53 Å². The average molecular weight is 215 g/mol. The molecule has 0 aromatic heterocycles. The van der Waals surface area contributed by atoms with Gasteiger partial charge in [-0.2, -0.15) is 11.8 Å². The van der Waals surface area contributed by atoms with E-state index >= 15 is 0 Å². The van der Waals surface area contributed by atoms with Gasteiger partial charge in [-0.15, -0.1) is 0 Å². The van der Waals surface area contributed by atoms with Crippen LogP contribution in [0.4, 0.5) is 0 Å². The quantitative estimate of drug-likeness (QED) is 0.751. The second kappa shape index (κ2) is 5.14. The van der Waals surface area contributed by atoms with Crippen LogP contribution in [0, 0.1) is 5.92 Å². The summed E-state index contributed by atoms with van der Waals surface area (Å²) < 4.78 is 5.22. The normalized spacial score (nSPS) is 33.1. The highest BCUT2D eigenvalue weighted by Crippen LogP contribution is 2.18. The zero-order chi connectivity index (χ0) is 9.80. The molecule has 0 saturated carbocycles. The van der Waals surface area contributed by atoms with Gasteiger partial charge < -0.3 is 10.1 Å². The molecule has 0 aromatic carbocycles. The summed E-state index contributed by atoms with van der Waals surface area (Å²) >= 11 is 1.94. The zero-order valence-electron chi connectivity index (χ0n) is 8.33. The molecule has 2 aliphatic heterocycles. The lowest BCUT2D eigenvalue weighted by molar-refractivity contribution is -0.123. The first-order valence-corrected chi connectivity index (χ1v) is 6.43. The molecule has 2 saturated heterocycles. The summed E-state index contributed by atoms with van der Waals surface area (Å²) in [5.74, 6) is 2.84. The first-order valence-electron chi connectivity index (χ1n) is 5.28. The SMILES string of the molecule is O=C(CC1CSCCN1)C1CCOC1. The molecule has 80 valence electrons. The Balaban J connectivity index is 1.75. The molecule has 0 amide bonds. The Morgan fingerprint density at radius 2 is 2.50 bits per heavy atom. The molecule has 2 heterocycles. The number of thioether (sulfide) groups is 1. The predicted molar refractivity (Wildman–Crippen MR) is 57.7 cm³/mol. The van der Waals surface area contributed by atoms with Crippen molar-refractivity contribution in [2.75, 3.05) is 31.3 Å². The standard InChI is InChI=1S/C10H17NO2S/c12-10(8-1-3-13-6-8)5-9-7-14-4-2-11-9/h8-9,11H,1-7H2. The molecule has 0 radical (unpaired) electrons. The van der Waals surface area contributed by atoms with Crippen LogP contribution in [0.5, 0.6) is 0 Å². The average Bonchev–Trinajstić information content (AvgIpc) is 2.72. The molecule has 2 atom stereocenters. The lowest BCUT2D eigenvalue weighted by atomic mass is 9.98. The number of Topliss-reactive ketones (excluding diaryl/α,β-unsaturated/α-hetero) is 1. The lowest BCUT2D eigenvalue weighted by Crippen LogP contribution is -2.39. The van der Waals surface area contributed by atoms with Gasteiger partial charge in [-0.05, 0) is 6.42 Å². The summed E-state index contributed by atoms with van der Waals surface area (Å²) in [5, 5.41) is 3.39. The van der Waals surface area contributed by atoms with Gasteiger partial charge in [-0.3, -0.25) is 4.79 Å². The van der Waals surface area contributed by atoms with Crippen LogP contribution in [-0.4, -0.2) is 43.1 Å². The molecule has 1 N–H and O–H groups in total. The molecular weight excluding hydrogens is 198 g/mol. The second-order valence-corrected chi connectivity index (χ2v) is 5.11. The van der Waals surface area contributed by atoms with E-state index < -0.39 is 0 Å². The fraction of sp³-hybridized carbons (Fsp3) is 0.900. The Labute approximate surface area is 89.0 Å². The summed E-state index contributed by atoms with van der Waals surface area (Å²) in [5.41, 5.74) is 0. The molecule has 14 heavy (non-hydrogen) atoms. The number of hydrogen-bond acceptors (Lipinski definition) is 4. The van der Waals surface area contributed by atoms with Crippen molar-refractivity contribution < 1.29 is 9.53 Å². The summed E-state index contributed by atoms with van der Waals surface area (Å²) in [4.78, 5) is 11.8. The Hall–Kier alpha value is -0.0600. The highest BCUT2D eigenvalue weighted by Gasteiger charge is 2.26. The third-order valence-electron chi connectivity index (χ3n) is 2.83. The van der Waals surface area contributed by atoms with Crippen molar-refractivity contribution >= 4 is 17.5 Å². The molecule has 4 heteroatoms. The maximum atomic E-state index is 11.8. The maximum Gasteiger partial charge on any atom is 0.139 e. The van der Waals surface area contributed by atoms with Gasteiger partial charge in [0.1, 0.15) is 5.78 Å². The van der Waals surface area contributed by atoms with Crippen LogP contribution in [0.3, 0.4) is 0 Å². The van der Waals surface area contributed by atoms with Gasteiger partial charge in [0.25, 0.3) is 0 Å². The predicted octanol–water partition coefficient (Wildman–Crippen LogP) is 0.687. The van der Waals surface area contributed by atoms with Gasteiger partial charge in [0.2, 0.25) is 0 Å². The first-order chi connectivity index (χ1) is 6.86. The van der Waals surface area contributed by atoms with Crippen LogP contribution in [0.15, 0.2) is 0 Å². The van der Waals surface area contributed by atoms with Gasteiger partial charge in [0, 0.05) is 43.0 Å². The highest BCUT2D eigenvalue weighted by molar-refractivity contribution is 7.99. The molecule has 0 bridgehead atoms. The van der Waals surface area contributed by atoms with E-state index in [0.29, 0.717) is 24.9 Å². The van der Waals surface area contributed by atoms with E-state index in [1.54, 1.807) is 0 Å². The van der Waals surface area contributed by atoms with Gasteiger partial charge in [-0.25, -0.2) is 0 Å². The molecule has 0 aliphatic carbocycles. The minimum absolute atomic E-state index is 0.184. The Bertz CT molecular complexity index is 198. The Morgan fingerprint density at radius 3 is 3.14 bits per heavy atom. The summed E-state index contributed by atoms with van der Waals surface area (Å²) in [6.07, 6.45) is 1.62. The highest BCUT2D eigenvalue weighted by atomic mass is 32.2. The third kappa shape index (κ3) is 2.72. The van der Waals surface area contributed by atoms with Crippen molar-refractivity contribution in [1.82, 2.24) is 5.32 Å². The number of hydrogen-bond donors (Lipinski definition) is 1. The molecule has 0 aromatic rings. The maximum absolute atomic E-state index is 11.8. The Kier molecular flexibility index (Phi) is 3.84. The molecule has 2 unspecified atom stereocenters. The van der Waals surface area contributed by atoms with Crippen molar-refractivity contribution in [2.24, 2.45) is 5.92 Å². The van der Waals surface area contributed by atoms with Crippen molar-refractivity contribution in [2.45, 2.75) is 18.9 Å². The van der Waals surface area contributed by atoms with Crippen molar-refractivity contribution in [1.29, 1.82) is 0 Å². The van der Waals surface area contributed by atoms with E-state index in [1.807, 2.05) is 11.8 Å². The molecule has 3 nitrogen and oxygen atoms in total. The smallest absolute Gasteiger partial charge is 0.139 e. The van der Waals surface area contributed by atoms with Gasteiger partial charge >= 0.3 is 0 Å². The van der Waals surface area contributed by atoms with Crippen molar-refractivity contribution in [3.8, 4) is 0 Å². The molecule has 2 fully saturated rings. The van der Waals surface area contributed by atoms with Crippen LogP contribution in [0.2, 0.25) is 0 Å². The molecular formula is C10H17NO2S. The fourth-order valence-electron chi connectivity index (χ4n) is 1.95. The van der Waals surface area contributed by atoms with Crippen LogP contribution >= 0.6 is 11.8 Å². The van der Waals surface area contributed by atoms with Crippen molar-refractivity contribution in [3.05, 3.63) is 0 Å². The zero-order valence-corrected chi connectivity index (χ0v) is 9.15. The van der Waals surface area contributed by atoms with Crippen LogP contribution < -0.4 is 5.32 Å². The van der Waals surface area contributed by atoms with E-state index in [-0.39, 0.29) is 5.92 Å². The number of ether oxygens (including phenoxy) is 1. The van der Waals surface area contributed by atoms with Crippen LogP contribution in [0.1, 0.15) is 12.8 Å². The molecule has 2 aliphatic rings. The van der Waals surface area contributed by atoms with Crippen LogP contribution in [0.25, 0.3) is 0 Å². The monoisotopic (exact) mass is 215 g/mol. The van der Waals surface area contributed by atoms with E-state index in [0.717, 1.165) is 25.3 Å². The topological polar surface area (TPSA) is 38.3 Å². The third-order valence-corrected chi connectivity index (χ3v) is 3.96. The van der Waals surface area contributed by atoms with Crippen molar-refractivity contribution in [3.63, 3.8) is 0 Å². The van der Waals surface area contributed by atoms with Gasteiger partial charge in [0.05, 0.1) is 6.61 Å². The number of carbonyl (C=O) groups excluding carboxylic acids is 1. The summed E-state index contributed by atoms with van der Waals surface area (Å²) in [6, 6.07) is 0.404. The summed E-state index contributed by atoms with van der Waals surface area (Å²) in [6.45, 7) is 2.46.